The molecule has 3 rings (SSSR count). The monoisotopic (exact) mass is 323 g/mol. The van der Waals surface area contributed by atoms with Crippen molar-refractivity contribution in [1.82, 2.24) is 9.71 Å². The molecule has 1 unspecified atom stereocenters. The predicted octanol–water partition coefficient (Wildman–Crippen LogP) is 2.54. The Kier molecular flexibility index (Phi) is 3.97. The van der Waals surface area contributed by atoms with Gasteiger partial charge in [0, 0.05) is 23.8 Å². The van der Waals surface area contributed by atoms with Gasteiger partial charge in [-0.1, -0.05) is 6.07 Å². The maximum absolute atomic E-state index is 12.5. The number of nitrogens with zero attached hydrogens (tertiary/aromatic N) is 1. The Morgan fingerprint density at radius 1 is 1.43 bits per heavy atom. The van der Waals surface area contributed by atoms with Gasteiger partial charge in [0.15, 0.2) is 0 Å². The van der Waals surface area contributed by atoms with Crippen molar-refractivity contribution >= 4 is 27.0 Å². The second kappa shape index (κ2) is 5.75. The molecule has 5 nitrogen and oxygen atoms in total. The van der Waals surface area contributed by atoms with Gasteiger partial charge in [0.25, 0.3) is 0 Å². The second-order valence-corrected chi connectivity index (χ2v) is 7.70. The molecule has 0 saturated carbocycles. The van der Waals surface area contributed by atoms with Gasteiger partial charge in [-0.15, -0.1) is 11.3 Å². The van der Waals surface area contributed by atoms with E-state index in [2.05, 4.69) is 15.0 Å². The Bertz CT molecular complexity index is 727. The lowest BCUT2D eigenvalue weighted by Crippen LogP contribution is -2.27. The summed E-state index contributed by atoms with van der Waals surface area (Å²) in [5.74, 6) is 0. The van der Waals surface area contributed by atoms with Gasteiger partial charge in [-0.05, 0) is 37.5 Å². The van der Waals surface area contributed by atoms with Crippen LogP contribution < -0.4 is 10.0 Å². The summed E-state index contributed by atoms with van der Waals surface area (Å²) < 4.78 is 27.6. The first-order chi connectivity index (χ1) is 10.1. The van der Waals surface area contributed by atoms with Crippen LogP contribution in [0.15, 0.2) is 34.7 Å². The van der Waals surface area contributed by atoms with Crippen molar-refractivity contribution in [2.75, 3.05) is 11.9 Å². The number of fused-ring (bicyclic) bond motifs is 1. The summed E-state index contributed by atoms with van der Waals surface area (Å²) in [6, 6.07) is 4.94. The number of thiazole rings is 1. The van der Waals surface area contributed by atoms with E-state index in [1.54, 1.807) is 25.3 Å². The van der Waals surface area contributed by atoms with Crippen LogP contribution in [-0.4, -0.2) is 19.9 Å². The van der Waals surface area contributed by atoms with Crippen LogP contribution >= 0.6 is 11.3 Å². The van der Waals surface area contributed by atoms with Gasteiger partial charge in [0.2, 0.25) is 10.0 Å². The number of benzene rings is 1. The van der Waals surface area contributed by atoms with E-state index in [0.717, 1.165) is 30.1 Å². The third-order valence-corrected chi connectivity index (χ3v) is 5.98. The fourth-order valence-electron chi connectivity index (χ4n) is 2.41. The molecule has 1 atom stereocenters. The highest BCUT2D eigenvalue weighted by Crippen LogP contribution is 2.26. The molecule has 0 saturated heterocycles. The highest BCUT2D eigenvalue weighted by molar-refractivity contribution is 7.89. The molecule has 2 aromatic rings. The Hall–Kier alpha value is -1.44. The topological polar surface area (TPSA) is 71.1 Å². The van der Waals surface area contributed by atoms with E-state index in [0.29, 0.717) is 4.90 Å². The number of hydrogen-bond donors (Lipinski definition) is 2. The highest BCUT2D eigenvalue weighted by Gasteiger charge is 2.21. The standard InChI is InChI=1S/C14H17N3O2S2/c1-10(14-16-7-8-20-14)17-21(18,19)12-5-4-11-3-2-6-15-13(11)9-12/h4-5,7-10,15,17H,2-3,6H2,1H3. The Labute approximate surface area is 128 Å². The summed E-state index contributed by atoms with van der Waals surface area (Å²) in [5, 5.41) is 5.85. The van der Waals surface area contributed by atoms with E-state index in [1.165, 1.54) is 16.9 Å². The van der Waals surface area contributed by atoms with E-state index in [1.807, 2.05) is 11.4 Å². The van der Waals surface area contributed by atoms with Crippen LogP contribution in [0.5, 0.6) is 0 Å². The third-order valence-electron chi connectivity index (χ3n) is 3.48. The van der Waals surface area contributed by atoms with Gasteiger partial charge in [-0.3, -0.25) is 0 Å². The van der Waals surface area contributed by atoms with Crippen molar-refractivity contribution < 1.29 is 8.42 Å². The molecule has 0 bridgehead atoms. The van der Waals surface area contributed by atoms with Gasteiger partial charge in [-0.25, -0.2) is 18.1 Å². The minimum Gasteiger partial charge on any atom is -0.385 e. The number of nitrogens with one attached hydrogen (secondary N) is 2. The molecular weight excluding hydrogens is 306 g/mol. The van der Waals surface area contributed by atoms with E-state index in [-0.39, 0.29) is 6.04 Å². The molecule has 0 radical (unpaired) electrons. The van der Waals surface area contributed by atoms with Crippen LogP contribution in [0.25, 0.3) is 0 Å². The molecule has 2 heterocycles. The summed E-state index contributed by atoms with van der Waals surface area (Å²) in [6.45, 7) is 2.69. The van der Waals surface area contributed by atoms with Crippen molar-refractivity contribution in [3.63, 3.8) is 0 Å². The van der Waals surface area contributed by atoms with Crippen molar-refractivity contribution in [2.24, 2.45) is 0 Å². The smallest absolute Gasteiger partial charge is 0.241 e. The molecule has 0 amide bonds. The van der Waals surface area contributed by atoms with Crippen molar-refractivity contribution in [2.45, 2.75) is 30.7 Å². The summed E-state index contributed by atoms with van der Waals surface area (Å²) in [4.78, 5) is 4.43. The minimum atomic E-state index is -3.54. The van der Waals surface area contributed by atoms with Crippen LogP contribution in [0.2, 0.25) is 0 Å². The molecule has 2 N–H and O–H groups in total. The van der Waals surface area contributed by atoms with Crippen molar-refractivity contribution in [1.29, 1.82) is 0 Å². The van der Waals surface area contributed by atoms with Crippen LogP contribution in [0, 0.1) is 0 Å². The molecule has 1 aromatic carbocycles. The first-order valence-electron chi connectivity index (χ1n) is 6.85. The van der Waals surface area contributed by atoms with Crippen molar-refractivity contribution in [3.05, 3.63) is 40.3 Å². The molecule has 0 fully saturated rings. The zero-order chi connectivity index (χ0) is 14.9. The fourth-order valence-corrected chi connectivity index (χ4v) is 4.36. The van der Waals surface area contributed by atoms with E-state index < -0.39 is 10.0 Å². The van der Waals surface area contributed by atoms with E-state index in [4.69, 9.17) is 0 Å². The summed E-state index contributed by atoms with van der Waals surface area (Å²) in [7, 11) is -3.54. The number of sulfonamides is 1. The van der Waals surface area contributed by atoms with E-state index in [9.17, 15) is 8.42 Å². The molecule has 7 heteroatoms. The largest absolute Gasteiger partial charge is 0.385 e. The zero-order valence-corrected chi connectivity index (χ0v) is 13.3. The zero-order valence-electron chi connectivity index (χ0n) is 11.7. The van der Waals surface area contributed by atoms with Crippen LogP contribution in [0.3, 0.4) is 0 Å². The minimum absolute atomic E-state index is 0.291. The number of aryl methyl sites for hydroxylation is 1. The number of rotatable bonds is 4. The lowest BCUT2D eigenvalue weighted by atomic mass is 10.0. The second-order valence-electron chi connectivity index (χ2n) is 5.06. The molecule has 0 aliphatic carbocycles. The average Bonchev–Trinajstić information content (AvgIpc) is 3.00. The quantitative estimate of drug-likeness (QED) is 0.907. The lowest BCUT2D eigenvalue weighted by Gasteiger charge is -2.19. The predicted molar refractivity (Wildman–Crippen MR) is 84.1 cm³/mol. The van der Waals surface area contributed by atoms with Gasteiger partial charge in [0.1, 0.15) is 5.01 Å². The number of anilines is 1. The third kappa shape index (κ3) is 3.09. The van der Waals surface area contributed by atoms with Gasteiger partial charge in [0.05, 0.1) is 10.9 Å². The fraction of sp³-hybridized carbons (Fsp3) is 0.357. The SMILES string of the molecule is CC(NS(=O)(=O)c1ccc2c(c1)NCCC2)c1nccs1. The van der Waals surface area contributed by atoms with Crippen LogP contribution in [-0.2, 0) is 16.4 Å². The Morgan fingerprint density at radius 2 is 2.29 bits per heavy atom. The Morgan fingerprint density at radius 3 is 3.05 bits per heavy atom. The van der Waals surface area contributed by atoms with Crippen LogP contribution in [0.1, 0.15) is 30.0 Å². The van der Waals surface area contributed by atoms with Crippen LogP contribution in [0.4, 0.5) is 5.69 Å². The van der Waals surface area contributed by atoms with Gasteiger partial charge >= 0.3 is 0 Å². The Balaban J connectivity index is 1.84. The normalized spacial score (nSPS) is 16.0. The first-order valence-corrected chi connectivity index (χ1v) is 9.21. The first kappa shape index (κ1) is 14.5. The summed E-state index contributed by atoms with van der Waals surface area (Å²) >= 11 is 1.44. The average molecular weight is 323 g/mol. The molecule has 1 aromatic heterocycles. The maximum atomic E-state index is 12.5. The molecule has 112 valence electrons. The lowest BCUT2D eigenvalue weighted by molar-refractivity contribution is 0.566. The molecule has 1 aliphatic heterocycles. The van der Waals surface area contributed by atoms with Gasteiger partial charge < -0.3 is 5.32 Å². The summed E-state index contributed by atoms with van der Waals surface area (Å²) in [6.07, 6.45) is 3.75. The summed E-state index contributed by atoms with van der Waals surface area (Å²) in [5.41, 5.74) is 2.10. The molecule has 0 spiro atoms. The molecule has 21 heavy (non-hydrogen) atoms. The maximum Gasteiger partial charge on any atom is 0.241 e. The molecular formula is C14H17N3O2S2. The number of hydrogen-bond acceptors (Lipinski definition) is 5. The van der Waals surface area contributed by atoms with E-state index >= 15 is 0 Å². The number of aromatic nitrogens is 1. The highest BCUT2D eigenvalue weighted by atomic mass is 32.2. The molecule has 1 aliphatic rings. The van der Waals surface area contributed by atoms with Crippen molar-refractivity contribution in [3.8, 4) is 0 Å². The van der Waals surface area contributed by atoms with Gasteiger partial charge in [-0.2, -0.15) is 0 Å².